The fourth-order valence-electron chi connectivity index (χ4n) is 3.43. The summed E-state index contributed by atoms with van der Waals surface area (Å²) >= 11 is 0. The van der Waals surface area contributed by atoms with Crippen LogP contribution in [0.5, 0.6) is 0 Å². The van der Waals surface area contributed by atoms with Gasteiger partial charge in [-0.2, -0.15) is 0 Å². The van der Waals surface area contributed by atoms with E-state index in [9.17, 15) is 4.79 Å². The molecular weight excluding hydrogens is 403 g/mol. The fraction of sp³-hybridized carbons (Fsp3) is 0.882. The number of aliphatic imine (C=N–C) groups is 1. The maximum absolute atomic E-state index is 12.2. The number of nitrogens with two attached hydrogens (primary N) is 1. The van der Waals surface area contributed by atoms with Gasteiger partial charge in [-0.25, -0.2) is 0 Å². The molecule has 0 bridgehead atoms. The first-order valence-electron chi connectivity index (χ1n) is 9.10. The van der Waals surface area contributed by atoms with Gasteiger partial charge in [-0.15, -0.1) is 24.0 Å². The van der Waals surface area contributed by atoms with Crippen LogP contribution < -0.4 is 11.1 Å². The van der Waals surface area contributed by atoms with Crippen molar-refractivity contribution in [1.29, 1.82) is 0 Å². The normalized spacial score (nSPS) is 21.0. The van der Waals surface area contributed by atoms with E-state index in [1.165, 1.54) is 51.4 Å². The molecule has 0 radical (unpaired) electrons. The standard InChI is InChI=1S/C17H32N4O.HI/c18-17(20-15-9-5-1-2-6-10-15)19-12-11-16(22)21-13-7-3-4-8-14-21;/h15H,1-14H2,(H3,18,19,20);1H. The van der Waals surface area contributed by atoms with Gasteiger partial charge >= 0.3 is 0 Å². The molecule has 134 valence electrons. The maximum atomic E-state index is 12.2. The van der Waals surface area contributed by atoms with Gasteiger partial charge < -0.3 is 16.0 Å². The predicted molar refractivity (Wildman–Crippen MR) is 106 cm³/mol. The third kappa shape index (κ3) is 8.22. The summed E-state index contributed by atoms with van der Waals surface area (Å²) in [5, 5.41) is 3.32. The van der Waals surface area contributed by atoms with Crippen molar-refractivity contribution < 1.29 is 4.79 Å². The molecule has 0 unspecified atom stereocenters. The number of halogens is 1. The van der Waals surface area contributed by atoms with Crippen LogP contribution in [0.15, 0.2) is 4.99 Å². The van der Waals surface area contributed by atoms with Crippen LogP contribution in [-0.4, -0.2) is 42.4 Å². The number of nitrogens with zero attached hydrogens (tertiary/aromatic N) is 2. The van der Waals surface area contributed by atoms with E-state index in [-0.39, 0.29) is 29.9 Å². The van der Waals surface area contributed by atoms with Crippen molar-refractivity contribution in [3.8, 4) is 0 Å². The zero-order valence-electron chi connectivity index (χ0n) is 14.3. The Balaban J connectivity index is 0.00000264. The van der Waals surface area contributed by atoms with Crippen LogP contribution in [0.1, 0.15) is 70.6 Å². The highest BCUT2D eigenvalue weighted by molar-refractivity contribution is 14.0. The Labute approximate surface area is 157 Å². The molecule has 23 heavy (non-hydrogen) atoms. The Hall–Kier alpha value is -0.530. The molecule has 5 nitrogen and oxygen atoms in total. The van der Waals surface area contributed by atoms with Gasteiger partial charge in [0.1, 0.15) is 0 Å². The molecule has 2 rings (SSSR count). The topological polar surface area (TPSA) is 70.7 Å². The number of amides is 1. The lowest BCUT2D eigenvalue weighted by Gasteiger charge is -2.20. The van der Waals surface area contributed by atoms with Gasteiger partial charge in [0.2, 0.25) is 5.91 Å². The molecule has 1 aliphatic carbocycles. The van der Waals surface area contributed by atoms with Crippen molar-refractivity contribution in [2.45, 2.75) is 76.7 Å². The minimum absolute atomic E-state index is 0. The molecule has 1 amide bonds. The summed E-state index contributed by atoms with van der Waals surface area (Å²) in [5.74, 6) is 0.739. The largest absolute Gasteiger partial charge is 0.370 e. The summed E-state index contributed by atoms with van der Waals surface area (Å²) in [6.45, 7) is 2.33. The van der Waals surface area contributed by atoms with E-state index in [4.69, 9.17) is 5.73 Å². The van der Waals surface area contributed by atoms with Gasteiger partial charge in [0.25, 0.3) is 0 Å². The molecule has 1 saturated heterocycles. The van der Waals surface area contributed by atoms with Crippen LogP contribution in [0.2, 0.25) is 0 Å². The van der Waals surface area contributed by atoms with Crippen LogP contribution in [0, 0.1) is 0 Å². The van der Waals surface area contributed by atoms with Gasteiger partial charge in [-0.05, 0) is 25.7 Å². The highest BCUT2D eigenvalue weighted by Crippen LogP contribution is 2.17. The van der Waals surface area contributed by atoms with Crippen molar-refractivity contribution in [2.75, 3.05) is 19.6 Å². The average molecular weight is 436 g/mol. The number of rotatable bonds is 4. The first-order chi connectivity index (χ1) is 10.8. The van der Waals surface area contributed by atoms with Crippen molar-refractivity contribution in [3.05, 3.63) is 0 Å². The SMILES string of the molecule is I.NC(=NCCC(=O)N1CCCCCC1)NC1CCCCCC1. The molecule has 0 aromatic heterocycles. The van der Waals surface area contributed by atoms with Crippen molar-refractivity contribution >= 4 is 35.8 Å². The van der Waals surface area contributed by atoms with Gasteiger partial charge in [-0.3, -0.25) is 9.79 Å². The number of likely N-dealkylation sites (tertiary alicyclic amines) is 1. The minimum Gasteiger partial charge on any atom is -0.370 e. The van der Waals surface area contributed by atoms with E-state index < -0.39 is 0 Å². The quantitative estimate of drug-likeness (QED) is 0.308. The zero-order valence-corrected chi connectivity index (χ0v) is 16.6. The van der Waals surface area contributed by atoms with Gasteiger partial charge in [-0.1, -0.05) is 38.5 Å². The number of carbonyl (C=O) groups excluding carboxylic acids is 1. The molecule has 1 heterocycles. The molecule has 1 saturated carbocycles. The van der Waals surface area contributed by atoms with Crippen LogP contribution >= 0.6 is 24.0 Å². The highest BCUT2D eigenvalue weighted by Gasteiger charge is 2.15. The summed E-state index contributed by atoms with van der Waals surface area (Å²) in [6.07, 6.45) is 12.8. The highest BCUT2D eigenvalue weighted by atomic mass is 127. The maximum Gasteiger partial charge on any atom is 0.224 e. The Morgan fingerprint density at radius 3 is 2.17 bits per heavy atom. The zero-order chi connectivity index (χ0) is 15.6. The lowest BCUT2D eigenvalue weighted by Crippen LogP contribution is -2.40. The monoisotopic (exact) mass is 436 g/mol. The first-order valence-corrected chi connectivity index (χ1v) is 9.10. The van der Waals surface area contributed by atoms with E-state index in [0.717, 1.165) is 25.9 Å². The number of hydrogen-bond donors (Lipinski definition) is 2. The average Bonchev–Trinajstić information content (AvgIpc) is 2.91. The molecule has 3 N–H and O–H groups in total. The lowest BCUT2D eigenvalue weighted by molar-refractivity contribution is -0.130. The van der Waals surface area contributed by atoms with E-state index in [1.807, 2.05) is 4.90 Å². The fourth-order valence-corrected chi connectivity index (χ4v) is 3.43. The second-order valence-corrected chi connectivity index (χ2v) is 6.64. The summed E-state index contributed by atoms with van der Waals surface area (Å²) < 4.78 is 0. The molecule has 2 aliphatic rings. The summed E-state index contributed by atoms with van der Waals surface area (Å²) in [5.41, 5.74) is 5.96. The molecule has 2 fully saturated rings. The second kappa shape index (κ2) is 11.9. The van der Waals surface area contributed by atoms with Crippen LogP contribution in [0.3, 0.4) is 0 Å². The molecule has 0 aromatic carbocycles. The van der Waals surface area contributed by atoms with Gasteiger partial charge in [0.05, 0.1) is 6.54 Å². The Bertz CT molecular complexity index is 360. The molecule has 0 aromatic rings. The van der Waals surface area contributed by atoms with Crippen LogP contribution in [0.25, 0.3) is 0 Å². The molecular formula is C17H33IN4O. The van der Waals surface area contributed by atoms with E-state index in [1.54, 1.807) is 0 Å². The summed E-state index contributed by atoms with van der Waals surface area (Å²) in [7, 11) is 0. The van der Waals surface area contributed by atoms with Crippen LogP contribution in [0.4, 0.5) is 0 Å². The Morgan fingerprint density at radius 2 is 1.57 bits per heavy atom. The van der Waals surface area contributed by atoms with Gasteiger partial charge in [0.15, 0.2) is 5.96 Å². The first kappa shape index (κ1) is 20.5. The van der Waals surface area contributed by atoms with E-state index in [0.29, 0.717) is 25.0 Å². The van der Waals surface area contributed by atoms with Crippen molar-refractivity contribution in [1.82, 2.24) is 10.2 Å². The Kier molecular flexibility index (Phi) is 10.6. The molecule has 1 aliphatic heterocycles. The van der Waals surface area contributed by atoms with Crippen molar-refractivity contribution in [3.63, 3.8) is 0 Å². The Morgan fingerprint density at radius 1 is 1.00 bits per heavy atom. The van der Waals surface area contributed by atoms with E-state index >= 15 is 0 Å². The van der Waals surface area contributed by atoms with Gasteiger partial charge in [0, 0.05) is 25.6 Å². The smallest absolute Gasteiger partial charge is 0.224 e. The molecule has 0 atom stereocenters. The molecule has 6 heteroatoms. The van der Waals surface area contributed by atoms with Crippen LogP contribution in [-0.2, 0) is 4.79 Å². The summed E-state index contributed by atoms with van der Waals surface area (Å²) in [6, 6.07) is 0.465. The molecule has 0 spiro atoms. The third-order valence-electron chi connectivity index (χ3n) is 4.77. The van der Waals surface area contributed by atoms with E-state index in [2.05, 4.69) is 10.3 Å². The predicted octanol–water partition coefficient (Wildman–Crippen LogP) is 3.02. The minimum atomic E-state index is 0. The number of hydrogen-bond acceptors (Lipinski definition) is 2. The third-order valence-corrected chi connectivity index (χ3v) is 4.77. The lowest BCUT2D eigenvalue weighted by atomic mass is 10.1. The number of nitrogens with one attached hydrogen (secondary N) is 1. The summed E-state index contributed by atoms with van der Waals surface area (Å²) in [4.78, 5) is 18.5. The van der Waals surface area contributed by atoms with Crippen molar-refractivity contribution in [2.24, 2.45) is 10.7 Å². The number of carbonyl (C=O) groups is 1. The second-order valence-electron chi connectivity index (χ2n) is 6.64. The number of guanidine groups is 1.